The van der Waals surface area contributed by atoms with Crippen LogP contribution in [0.1, 0.15) is 63.8 Å². The van der Waals surface area contributed by atoms with Gasteiger partial charge in [-0.2, -0.15) is 0 Å². The van der Waals surface area contributed by atoms with Gasteiger partial charge in [0, 0.05) is 0 Å². The van der Waals surface area contributed by atoms with Crippen molar-refractivity contribution in [3.63, 3.8) is 0 Å². The summed E-state index contributed by atoms with van der Waals surface area (Å²) in [5.41, 5.74) is 6.45. The molecular formula is C17H28. The van der Waals surface area contributed by atoms with Crippen LogP contribution >= 0.6 is 0 Å². The molecule has 0 heteroatoms. The molecule has 96 valence electrons. The molecule has 0 saturated heterocycles. The van der Waals surface area contributed by atoms with E-state index in [1.54, 1.807) is 0 Å². The van der Waals surface area contributed by atoms with Crippen molar-refractivity contribution < 1.29 is 0 Å². The van der Waals surface area contributed by atoms with E-state index in [-0.39, 0.29) is 5.41 Å². The molecule has 0 bridgehead atoms. The lowest BCUT2D eigenvalue weighted by Crippen LogP contribution is -2.16. The van der Waals surface area contributed by atoms with Crippen LogP contribution in [0.15, 0.2) is 12.1 Å². The summed E-state index contributed by atoms with van der Waals surface area (Å²) >= 11 is 0. The predicted octanol–water partition coefficient (Wildman–Crippen LogP) is 5.19. The van der Waals surface area contributed by atoms with Gasteiger partial charge < -0.3 is 0 Å². The highest BCUT2D eigenvalue weighted by atomic mass is 14.2. The highest BCUT2D eigenvalue weighted by Gasteiger charge is 2.19. The lowest BCUT2D eigenvalue weighted by molar-refractivity contribution is 0.410. The SMILES string of the molecule is Cc1cc(CC(C)(C)C)cc(C(C)(C)C)c1C. The van der Waals surface area contributed by atoms with Gasteiger partial charge in [-0.3, -0.25) is 0 Å². The molecule has 17 heavy (non-hydrogen) atoms. The molecule has 0 nitrogen and oxygen atoms in total. The monoisotopic (exact) mass is 232 g/mol. The molecule has 0 aliphatic heterocycles. The first kappa shape index (κ1) is 14.3. The van der Waals surface area contributed by atoms with Gasteiger partial charge in [0.05, 0.1) is 0 Å². The molecule has 0 radical (unpaired) electrons. The topological polar surface area (TPSA) is 0 Å². The Morgan fingerprint density at radius 3 is 1.82 bits per heavy atom. The maximum atomic E-state index is 2.41. The van der Waals surface area contributed by atoms with Crippen molar-refractivity contribution in [3.05, 3.63) is 34.4 Å². The summed E-state index contributed by atoms with van der Waals surface area (Å²) in [6, 6.07) is 4.77. The Bertz CT molecular complexity index is 397. The van der Waals surface area contributed by atoms with Gasteiger partial charge in [0.15, 0.2) is 0 Å². The van der Waals surface area contributed by atoms with E-state index < -0.39 is 0 Å². The minimum Gasteiger partial charge on any atom is -0.0599 e. The van der Waals surface area contributed by atoms with Gasteiger partial charge in [-0.15, -0.1) is 0 Å². The van der Waals surface area contributed by atoms with Crippen molar-refractivity contribution >= 4 is 0 Å². The molecule has 0 aliphatic rings. The van der Waals surface area contributed by atoms with Crippen molar-refractivity contribution in [1.29, 1.82) is 0 Å². The molecule has 0 atom stereocenters. The zero-order chi connectivity index (χ0) is 13.4. The van der Waals surface area contributed by atoms with Gasteiger partial charge in [0.2, 0.25) is 0 Å². The van der Waals surface area contributed by atoms with Gasteiger partial charge in [-0.25, -0.2) is 0 Å². The summed E-state index contributed by atoms with van der Waals surface area (Å²) in [7, 11) is 0. The van der Waals surface area contributed by atoms with Gasteiger partial charge in [0.1, 0.15) is 0 Å². The molecule has 0 heterocycles. The zero-order valence-electron chi connectivity index (χ0n) is 12.9. The van der Waals surface area contributed by atoms with Gasteiger partial charge >= 0.3 is 0 Å². The Hall–Kier alpha value is -0.780. The molecule has 1 aromatic carbocycles. The van der Waals surface area contributed by atoms with Crippen LogP contribution in [-0.2, 0) is 11.8 Å². The van der Waals surface area contributed by atoms with Crippen LogP contribution in [0.4, 0.5) is 0 Å². The first-order valence-corrected chi connectivity index (χ1v) is 6.61. The molecule has 0 saturated carbocycles. The van der Waals surface area contributed by atoms with E-state index in [0.717, 1.165) is 6.42 Å². The fourth-order valence-electron chi connectivity index (χ4n) is 2.43. The average Bonchev–Trinajstić information content (AvgIpc) is 2.06. The van der Waals surface area contributed by atoms with Gasteiger partial charge in [-0.05, 0) is 53.4 Å². The predicted molar refractivity (Wildman–Crippen MR) is 77.8 cm³/mol. The Labute approximate surface area is 107 Å². The molecule has 0 amide bonds. The first-order valence-electron chi connectivity index (χ1n) is 6.61. The third-order valence-electron chi connectivity index (χ3n) is 3.27. The molecule has 0 aliphatic carbocycles. The second kappa shape index (κ2) is 4.48. The van der Waals surface area contributed by atoms with Gasteiger partial charge in [0.25, 0.3) is 0 Å². The fraction of sp³-hybridized carbons (Fsp3) is 0.647. The number of benzene rings is 1. The quantitative estimate of drug-likeness (QED) is 0.625. The average molecular weight is 232 g/mol. The van der Waals surface area contributed by atoms with Crippen molar-refractivity contribution in [2.24, 2.45) is 5.41 Å². The van der Waals surface area contributed by atoms with Crippen LogP contribution in [0.2, 0.25) is 0 Å². The fourth-order valence-corrected chi connectivity index (χ4v) is 2.43. The molecule has 0 spiro atoms. The zero-order valence-corrected chi connectivity index (χ0v) is 12.9. The Morgan fingerprint density at radius 1 is 0.882 bits per heavy atom. The first-order chi connectivity index (χ1) is 7.50. The van der Waals surface area contributed by atoms with E-state index in [2.05, 4.69) is 67.5 Å². The molecular weight excluding hydrogens is 204 g/mol. The summed E-state index contributed by atoms with van der Waals surface area (Å²) in [5.74, 6) is 0. The van der Waals surface area contributed by atoms with E-state index >= 15 is 0 Å². The van der Waals surface area contributed by atoms with Gasteiger partial charge in [-0.1, -0.05) is 53.7 Å². The van der Waals surface area contributed by atoms with Crippen LogP contribution in [0, 0.1) is 19.3 Å². The van der Waals surface area contributed by atoms with Crippen molar-refractivity contribution in [2.75, 3.05) is 0 Å². The molecule has 1 rings (SSSR count). The Kier molecular flexibility index (Phi) is 3.76. The minimum atomic E-state index is 0.239. The normalized spacial score (nSPS) is 12.9. The van der Waals surface area contributed by atoms with Crippen LogP contribution in [-0.4, -0.2) is 0 Å². The van der Waals surface area contributed by atoms with Crippen molar-refractivity contribution in [3.8, 4) is 0 Å². The molecule has 0 N–H and O–H groups in total. The third-order valence-corrected chi connectivity index (χ3v) is 3.27. The van der Waals surface area contributed by atoms with Crippen molar-refractivity contribution in [1.82, 2.24) is 0 Å². The summed E-state index contributed by atoms with van der Waals surface area (Å²) in [6.45, 7) is 18.3. The number of hydrogen-bond acceptors (Lipinski definition) is 0. The standard InChI is InChI=1S/C17H28/c1-12-9-14(11-16(3,4)5)10-15(13(12)2)17(6,7)8/h9-10H,11H2,1-8H3. The highest BCUT2D eigenvalue weighted by Crippen LogP contribution is 2.31. The molecule has 1 aromatic rings. The molecule has 0 unspecified atom stereocenters. The molecule has 0 fully saturated rings. The maximum absolute atomic E-state index is 2.41. The maximum Gasteiger partial charge on any atom is -0.0129 e. The van der Waals surface area contributed by atoms with Crippen molar-refractivity contribution in [2.45, 2.75) is 67.2 Å². The number of hydrogen-bond donors (Lipinski definition) is 0. The lowest BCUT2D eigenvalue weighted by atomic mass is 9.79. The van der Waals surface area contributed by atoms with Crippen LogP contribution in [0.25, 0.3) is 0 Å². The second-order valence-electron chi connectivity index (χ2n) is 7.57. The Balaban J connectivity index is 3.25. The molecule has 0 aromatic heterocycles. The Morgan fingerprint density at radius 2 is 1.41 bits per heavy atom. The van der Waals surface area contributed by atoms with E-state index in [1.165, 1.54) is 22.3 Å². The largest absolute Gasteiger partial charge is 0.0599 e. The smallest absolute Gasteiger partial charge is 0.0129 e. The second-order valence-corrected chi connectivity index (χ2v) is 7.57. The summed E-state index contributed by atoms with van der Waals surface area (Å²) in [5, 5.41) is 0. The van der Waals surface area contributed by atoms with Crippen LogP contribution in [0.3, 0.4) is 0 Å². The van der Waals surface area contributed by atoms with Crippen LogP contribution < -0.4 is 0 Å². The summed E-state index contributed by atoms with van der Waals surface area (Å²) in [6.07, 6.45) is 1.15. The van der Waals surface area contributed by atoms with E-state index in [9.17, 15) is 0 Å². The van der Waals surface area contributed by atoms with E-state index in [0.29, 0.717) is 5.41 Å². The lowest BCUT2D eigenvalue weighted by Gasteiger charge is -2.26. The highest BCUT2D eigenvalue weighted by molar-refractivity contribution is 5.41. The number of aryl methyl sites for hydroxylation is 1. The van der Waals surface area contributed by atoms with Crippen LogP contribution in [0.5, 0.6) is 0 Å². The van der Waals surface area contributed by atoms with E-state index in [4.69, 9.17) is 0 Å². The summed E-state index contributed by atoms with van der Waals surface area (Å²) < 4.78 is 0. The number of rotatable bonds is 1. The third kappa shape index (κ3) is 3.87. The summed E-state index contributed by atoms with van der Waals surface area (Å²) in [4.78, 5) is 0. The van der Waals surface area contributed by atoms with E-state index in [1.807, 2.05) is 0 Å². The minimum absolute atomic E-state index is 0.239.